The number of hydrogen-bond donors (Lipinski definition) is 1. The van der Waals surface area contributed by atoms with Gasteiger partial charge >= 0.3 is 5.97 Å². The minimum atomic E-state index is -0.967. The summed E-state index contributed by atoms with van der Waals surface area (Å²) in [4.78, 5) is 24.3. The molecule has 0 fully saturated rings. The van der Waals surface area contributed by atoms with Crippen LogP contribution in [0.3, 0.4) is 0 Å². The molecule has 0 aliphatic carbocycles. The van der Waals surface area contributed by atoms with Gasteiger partial charge in [0.15, 0.2) is 6.10 Å². The Morgan fingerprint density at radius 3 is 2.62 bits per heavy atom. The molecule has 1 amide bonds. The first-order valence-electron chi connectivity index (χ1n) is 7.50. The molecule has 1 N–H and O–H groups in total. The predicted octanol–water partition coefficient (Wildman–Crippen LogP) is 3.92. The summed E-state index contributed by atoms with van der Waals surface area (Å²) >= 11 is 5.84. The minimum Gasteiger partial charge on any atom is -0.492 e. The van der Waals surface area contributed by atoms with Gasteiger partial charge in [0.2, 0.25) is 0 Å². The van der Waals surface area contributed by atoms with Gasteiger partial charge in [-0.2, -0.15) is 0 Å². The number of carbonyl (C=O) groups is 2. The lowest BCUT2D eigenvalue weighted by molar-refractivity contribution is -0.123. The lowest BCUT2D eigenvalue weighted by Gasteiger charge is -2.15. The van der Waals surface area contributed by atoms with Crippen molar-refractivity contribution in [1.29, 1.82) is 0 Å². The van der Waals surface area contributed by atoms with E-state index in [9.17, 15) is 9.59 Å². The second kappa shape index (κ2) is 8.36. The van der Waals surface area contributed by atoms with Crippen molar-refractivity contribution < 1.29 is 19.1 Å². The van der Waals surface area contributed by atoms with Crippen LogP contribution in [0.2, 0.25) is 5.02 Å². The number of anilines is 1. The molecule has 126 valence electrons. The zero-order chi connectivity index (χ0) is 17.5. The zero-order valence-corrected chi connectivity index (χ0v) is 14.2. The van der Waals surface area contributed by atoms with Crippen molar-refractivity contribution in [2.24, 2.45) is 0 Å². The fraction of sp³-hybridized carbons (Fsp3) is 0.222. The van der Waals surface area contributed by atoms with Crippen molar-refractivity contribution in [1.82, 2.24) is 0 Å². The van der Waals surface area contributed by atoms with Gasteiger partial charge in [-0.3, -0.25) is 4.79 Å². The van der Waals surface area contributed by atoms with Gasteiger partial charge in [0.05, 0.1) is 17.9 Å². The lowest BCUT2D eigenvalue weighted by atomic mass is 10.2. The van der Waals surface area contributed by atoms with Crippen molar-refractivity contribution >= 4 is 29.2 Å². The molecule has 0 saturated carbocycles. The van der Waals surface area contributed by atoms with Crippen molar-refractivity contribution in [3.05, 3.63) is 59.1 Å². The van der Waals surface area contributed by atoms with E-state index in [1.807, 2.05) is 13.0 Å². The zero-order valence-electron chi connectivity index (χ0n) is 13.4. The second-order valence-corrected chi connectivity index (χ2v) is 5.41. The third kappa shape index (κ3) is 4.73. The summed E-state index contributed by atoms with van der Waals surface area (Å²) in [5, 5.41) is 3.12. The van der Waals surface area contributed by atoms with Crippen LogP contribution in [0.4, 0.5) is 5.69 Å². The van der Waals surface area contributed by atoms with Gasteiger partial charge in [0.1, 0.15) is 5.75 Å². The molecule has 0 heterocycles. The third-order valence-corrected chi connectivity index (χ3v) is 3.39. The van der Waals surface area contributed by atoms with Gasteiger partial charge in [0, 0.05) is 5.02 Å². The van der Waals surface area contributed by atoms with E-state index < -0.39 is 18.0 Å². The minimum absolute atomic E-state index is 0.289. The Morgan fingerprint density at radius 2 is 1.92 bits per heavy atom. The van der Waals surface area contributed by atoms with E-state index in [0.29, 0.717) is 23.1 Å². The molecule has 2 rings (SSSR count). The lowest BCUT2D eigenvalue weighted by Crippen LogP contribution is -2.30. The number of carbonyl (C=O) groups excluding carboxylic acids is 2. The van der Waals surface area contributed by atoms with Crippen LogP contribution in [0.15, 0.2) is 48.5 Å². The summed E-state index contributed by atoms with van der Waals surface area (Å²) in [6, 6.07) is 13.4. The normalized spacial score (nSPS) is 11.5. The van der Waals surface area contributed by atoms with Crippen LogP contribution in [0.25, 0.3) is 0 Å². The number of hydrogen-bond acceptors (Lipinski definition) is 4. The number of benzene rings is 2. The molecule has 0 bridgehead atoms. The van der Waals surface area contributed by atoms with E-state index in [2.05, 4.69) is 5.32 Å². The van der Waals surface area contributed by atoms with Crippen molar-refractivity contribution in [3.8, 4) is 5.75 Å². The average molecular weight is 348 g/mol. The molecule has 0 aliphatic heterocycles. The van der Waals surface area contributed by atoms with Crippen molar-refractivity contribution in [2.75, 3.05) is 11.9 Å². The molecule has 6 heteroatoms. The van der Waals surface area contributed by atoms with Gasteiger partial charge < -0.3 is 14.8 Å². The van der Waals surface area contributed by atoms with Gasteiger partial charge in [-0.15, -0.1) is 0 Å². The van der Waals surface area contributed by atoms with Crippen LogP contribution >= 0.6 is 11.6 Å². The molecule has 0 radical (unpaired) electrons. The summed E-state index contributed by atoms with van der Waals surface area (Å²) < 4.78 is 10.6. The molecule has 2 aromatic rings. The number of nitrogens with one attached hydrogen (secondary N) is 1. The smallest absolute Gasteiger partial charge is 0.338 e. The maximum Gasteiger partial charge on any atom is 0.338 e. The number of rotatable bonds is 6. The highest BCUT2D eigenvalue weighted by Crippen LogP contribution is 2.24. The summed E-state index contributed by atoms with van der Waals surface area (Å²) in [6.45, 7) is 3.83. The van der Waals surface area contributed by atoms with E-state index in [1.54, 1.807) is 36.4 Å². The quantitative estimate of drug-likeness (QED) is 0.804. The molecule has 5 nitrogen and oxygen atoms in total. The van der Waals surface area contributed by atoms with Crippen LogP contribution in [-0.4, -0.2) is 24.6 Å². The van der Waals surface area contributed by atoms with Gasteiger partial charge in [-0.05, 0) is 44.2 Å². The highest BCUT2D eigenvalue weighted by Gasteiger charge is 2.20. The topological polar surface area (TPSA) is 64.6 Å². The highest BCUT2D eigenvalue weighted by molar-refractivity contribution is 6.30. The van der Waals surface area contributed by atoms with Crippen molar-refractivity contribution in [2.45, 2.75) is 20.0 Å². The SMILES string of the molecule is CCOc1ccccc1NC(=O)C(C)OC(=O)c1cccc(Cl)c1. The molecule has 0 saturated heterocycles. The van der Waals surface area contributed by atoms with Gasteiger partial charge in [-0.1, -0.05) is 29.8 Å². The molecule has 0 aliphatic rings. The van der Waals surface area contributed by atoms with Crippen LogP contribution in [0.5, 0.6) is 5.75 Å². The van der Waals surface area contributed by atoms with E-state index in [4.69, 9.17) is 21.1 Å². The number of esters is 1. The van der Waals surface area contributed by atoms with Crippen molar-refractivity contribution in [3.63, 3.8) is 0 Å². The van der Waals surface area contributed by atoms with E-state index >= 15 is 0 Å². The number of para-hydroxylation sites is 2. The molecule has 1 atom stereocenters. The third-order valence-electron chi connectivity index (χ3n) is 3.16. The molecule has 0 spiro atoms. The standard InChI is InChI=1S/C18H18ClNO4/c1-3-23-16-10-5-4-9-15(16)20-17(21)12(2)24-18(22)13-7-6-8-14(19)11-13/h4-12H,3H2,1-2H3,(H,20,21). The summed E-state index contributed by atoms with van der Waals surface area (Å²) in [7, 11) is 0. The van der Waals surface area contributed by atoms with Gasteiger partial charge in [-0.25, -0.2) is 4.79 Å². The van der Waals surface area contributed by atoms with Crippen LogP contribution < -0.4 is 10.1 Å². The number of amides is 1. The second-order valence-electron chi connectivity index (χ2n) is 4.98. The molecule has 24 heavy (non-hydrogen) atoms. The Bertz CT molecular complexity index is 732. The molecule has 2 aromatic carbocycles. The summed E-state index contributed by atoms with van der Waals surface area (Å²) in [5.41, 5.74) is 0.812. The Kier molecular flexibility index (Phi) is 6.21. The first-order chi connectivity index (χ1) is 11.5. The Labute approximate surface area is 145 Å². The first kappa shape index (κ1) is 17.8. The monoisotopic (exact) mass is 347 g/mol. The maximum atomic E-state index is 12.2. The van der Waals surface area contributed by atoms with E-state index in [0.717, 1.165) is 0 Å². The molecule has 0 aromatic heterocycles. The van der Waals surface area contributed by atoms with Crippen LogP contribution in [-0.2, 0) is 9.53 Å². The largest absolute Gasteiger partial charge is 0.492 e. The van der Waals surface area contributed by atoms with Crippen LogP contribution in [0, 0.1) is 0 Å². The fourth-order valence-electron chi connectivity index (χ4n) is 1.98. The average Bonchev–Trinajstić information content (AvgIpc) is 2.56. The summed E-state index contributed by atoms with van der Waals surface area (Å²) in [6.07, 6.45) is -0.967. The first-order valence-corrected chi connectivity index (χ1v) is 7.88. The fourth-order valence-corrected chi connectivity index (χ4v) is 2.17. The number of ether oxygens (including phenoxy) is 2. The van der Waals surface area contributed by atoms with Crippen LogP contribution in [0.1, 0.15) is 24.2 Å². The van der Waals surface area contributed by atoms with E-state index in [-0.39, 0.29) is 5.56 Å². The predicted molar refractivity (Wildman–Crippen MR) is 92.6 cm³/mol. The Balaban J connectivity index is 2.01. The van der Waals surface area contributed by atoms with Gasteiger partial charge in [0.25, 0.3) is 5.91 Å². The number of halogens is 1. The molecule has 1 unspecified atom stereocenters. The molecular formula is C18H18ClNO4. The summed E-state index contributed by atoms with van der Waals surface area (Å²) in [5.74, 6) is -0.502. The maximum absolute atomic E-state index is 12.2. The highest BCUT2D eigenvalue weighted by atomic mass is 35.5. The van der Waals surface area contributed by atoms with E-state index in [1.165, 1.54) is 13.0 Å². The molecular weight excluding hydrogens is 330 g/mol. The Morgan fingerprint density at radius 1 is 1.17 bits per heavy atom. The Hall–Kier alpha value is -2.53.